The van der Waals surface area contributed by atoms with E-state index in [9.17, 15) is 9.59 Å². The summed E-state index contributed by atoms with van der Waals surface area (Å²) in [4.78, 5) is 23.2. The Balaban J connectivity index is 1.87. The SMILES string of the molecule is COC(=O)c1ccc(NC(=S)NC(=O)C=Cc2ccc(Br)cc2)cc1. The van der Waals surface area contributed by atoms with Gasteiger partial charge in [0.2, 0.25) is 5.91 Å². The van der Waals surface area contributed by atoms with Gasteiger partial charge >= 0.3 is 5.97 Å². The molecule has 2 aromatic carbocycles. The summed E-state index contributed by atoms with van der Waals surface area (Å²) < 4.78 is 5.60. The highest BCUT2D eigenvalue weighted by atomic mass is 79.9. The third-order valence-corrected chi connectivity index (χ3v) is 3.83. The number of ether oxygens (including phenoxy) is 1. The van der Waals surface area contributed by atoms with Crippen LogP contribution in [0.1, 0.15) is 15.9 Å². The standard InChI is InChI=1S/C18H15BrN2O3S/c1-24-17(23)13-5-9-15(10-6-13)20-18(25)21-16(22)11-4-12-2-7-14(19)8-3-12/h2-11H,1H3,(H2,20,21,22,25). The Morgan fingerprint density at radius 3 is 2.32 bits per heavy atom. The number of carbonyl (C=O) groups is 2. The van der Waals surface area contributed by atoms with Crippen LogP contribution in [0.25, 0.3) is 6.08 Å². The number of hydrogen-bond acceptors (Lipinski definition) is 4. The maximum Gasteiger partial charge on any atom is 0.337 e. The van der Waals surface area contributed by atoms with Crippen molar-refractivity contribution in [3.05, 3.63) is 70.2 Å². The van der Waals surface area contributed by atoms with Crippen LogP contribution in [0, 0.1) is 0 Å². The van der Waals surface area contributed by atoms with Crippen LogP contribution in [0.4, 0.5) is 5.69 Å². The molecule has 0 unspecified atom stereocenters. The number of halogens is 1. The first-order chi connectivity index (χ1) is 12.0. The molecule has 0 fully saturated rings. The van der Waals surface area contributed by atoms with Gasteiger partial charge in [0.25, 0.3) is 0 Å². The average molecular weight is 419 g/mol. The fourth-order valence-electron chi connectivity index (χ4n) is 1.87. The highest BCUT2D eigenvalue weighted by Crippen LogP contribution is 2.12. The Bertz CT molecular complexity index is 802. The van der Waals surface area contributed by atoms with Crippen LogP contribution in [-0.2, 0) is 9.53 Å². The van der Waals surface area contributed by atoms with Crippen LogP contribution in [0.2, 0.25) is 0 Å². The lowest BCUT2D eigenvalue weighted by atomic mass is 10.2. The van der Waals surface area contributed by atoms with E-state index in [1.165, 1.54) is 13.2 Å². The number of carbonyl (C=O) groups excluding carboxylic acids is 2. The summed E-state index contributed by atoms with van der Waals surface area (Å²) in [5, 5.41) is 5.59. The lowest BCUT2D eigenvalue weighted by Crippen LogP contribution is -2.32. The molecule has 0 atom stereocenters. The van der Waals surface area contributed by atoms with Gasteiger partial charge in [0.1, 0.15) is 0 Å². The molecule has 0 aliphatic carbocycles. The fraction of sp³-hybridized carbons (Fsp3) is 0.0556. The Kier molecular flexibility index (Phi) is 6.85. The molecule has 0 aliphatic rings. The summed E-state index contributed by atoms with van der Waals surface area (Å²) in [5.41, 5.74) is 1.98. The van der Waals surface area contributed by atoms with Crippen LogP contribution in [0.3, 0.4) is 0 Å². The molecule has 0 spiro atoms. The Morgan fingerprint density at radius 2 is 1.72 bits per heavy atom. The minimum Gasteiger partial charge on any atom is -0.465 e. The van der Waals surface area contributed by atoms with E-state index in [1.807, 2.05) is 24.3 Å². The molecule has 0 saturated carbocycles. The number of esters is 1. The summed E-state index contributed by atoms with van der Waals surface area (Å²) in [6.07, 6.45) is 3.09. The molecule has 2 rings (SSSR count). The summed E-state index contributed by atoms with van der Waals surface area (Å²) >= 11 is 8.44. The second kappa shape index (κ2) is 9.10. The highest BCUT2D eigenvalue weighted by molar-refractivity contribution is 9.10. The van der Waals surface area contributed by atoms with Crippen molar-refractivity contribution in [3.8, 4) is 0 Å². The van der Waals surface area contributed by atoms with Gasteiger partial charge in [-0.3, -0.25) is 10.1 Å². The van der Waals surface area contributed by atoms with Crippen LogP contribution in [0.15, 0.2) is 59.1 Å². The number of rotatable bonds is 4. The third-order valence-electron chi connectivity index (χ3n) is 3.10. The molecule has 0 radical (unpaired) electrons. The van der Waals surface area contributed by atoms with E-state index < -0.39 is 5.97 Å². The van der Waals surface area contributed by atoms with Gasteiger partial charge < -0.3 is 10.1 Å². The normalized spacial score (nSPS) is 10.3. The lowest BCUT2D eigenvalue weighted by Gasteiger charge is -2.08. The van der Waals surface area contributed by atoms with E-state index >= 15 is 0 Å². The van der Waals surface area contributed by atoms with Crippen molar-refractivity contribution in [1.29, 1.82) is 0 Å². The topological polar surface area (TPSA) is 67.4 Å². The van der Waals surface area contributed by atoms with E-state index in [0.29, 0.717) is 11.3 Å². The first-order valence-electron chi connectivity index (χ1n) is 7.22. The number of methoxy groups -OCH3 is 1. The largest absolute Gasteiger partial charge is 0.465 e. The van der Waals surface area contributed by atoms with E-state index in [-0.39, 0.29) is 11.0 Å². The zero-order chi connectivity index (χ0) is 18.2. The van der Waals surface area contributed by atoms with Gasteiger partial charge in [0.05, 0.1) is 12.7 Å². The van der Waals surface area contributed by atoms with Crippen molar-refractivity contribution in [2.24, 2.45) is 0 Å². The number of thiocarbonyl (C=S) groups is 1. The maximum absolute atomic E-state index is 11.9. The van der Waals surface area contributed by atoms with Crippen LogP contribution in [-0.4, -0.2) is 24.1 Å². The molecule has 25 heavy (non-hydrogen) atoms. The zero-order valence-corrected chi connectivity index (χ0v) is 15.7. The van der Waals surface area contributed by atoms with E-state index in [4.69, 9.17) is 12.2 Å². The van der Waals surface area contributed by atoms with Crippen LogP contribution in [0.5, 0.6) is 0 Å². The first-order valence-corrected chi connectivity index (χ1v) is 8.42. The zero-order valence-electron chi connectivity index (χ0n) is 13.3. The number of anilines is 1. The van der Waals surface area contributed by atoms with Gasteiger partial charge in [-0.05, 0) is 60.3 Å². The Labute approximate surface area is 159 Å². The van der Waals surface area contributed by atoms with E-state index in [2.05, 4.69) is 31.3 Å². The van der Waals surface area contributed by atoms with Gasteiger partial charge in [-0.25, -0.2) is 4.79 Å². The van der Waals surface area contributed by atoms with Crippen LogP contribution >= 0.6 is 28.1 Å². The molecule has 7 heteroatoms. The molecule has 128 valence electrons. The van der Waals surface area contributed by atoms with Crippen molar-refractivity contribution < 1.29 is 14.3 Å². The number of hydrogen-bond donors (Lipinski definition) is 2. The third kappa shape index (κ3) is 6.13. The number of amides is 1. The second-order valence-corrected chi connectivity index (χ2v) is 6.22. The Morgan fingerprint density at radius 1 is 1.08 bits per heavy atom. The fourth-order valence-corrected chi connectivity index (χ4v) is 2.35. The number of benzene rings is 2. The molecular formula is C18H15BrN2O3S. The number of nitrogens with one attached hydrogen (secondary N) is 2. The molecule has 0 bridgehead atoms. The molecule has 0 aromatic heterocycles. The van der Waals surface area contributed by atoms with Crippen molar-refractivity contribution >= 4 is 56.9 Å². The van der Waals surface area contributed by atoms with Crippen molar-refractivity contribution in [1.82, 2.24) is 5.32 Å². The van der Waals surface area contributed by atoms with Crippen molar-refractivity contribution in [3.63, 3.8) is 0 Å². The quantitative estimate of drug-likeness (QED) is 0.449. The smallest absolute Gasteiger partial charge is 0.337 e. The van der Waals surface area contributed by atoms with Crippen LogP contribution < -0.4 is 10.6 Å². The van der Waals surface area contributed by atoms with Gasteiger partial charge in [-0.2, -0.15) is 0 Å². The molecule has 1 amide bonds. The monoisotopic (exact) mass is 418 g/mol. The van der Waals surface area contributed by atoms with Crippen molar-refractivity contribution in [2.75, 3.05) is 12.4 Å². The Hall–Kier alpha value is -2.51. The summed E-state index contributed by atoms with van der Waals surface area (Å²) in [6, 6.07) is 14.1. The summed E-state index contributed by atoms with van der Waals surface area (Å²) in [6.45, 7) is 0. The van der Waals surface area contributed by atoms with Crippen molar-refractivity contribution in [2.45, 2.75) is 0 Å². The second-order valence-electron chi connectivity index (χ2n) is 4.90. The highest BCUT2D eigenvalue weighted by Gasteiger charge is 2.06. The molecule has 2 N–H and O–H groups in total. The minimum absolute atomic E-state index is 0.163. The summed E-state index contributed by atoms with van der Waals surface area (Å²) in [5.74, 6) is -0.757. The molecular weight excluding hydrogens is 404 g/mol. The molecule has 0 heterocycles. The first kappa shape index (κ1) is 18.8. The van der Waals surface area contributed by atoms with E-state index in [1.54, 1.807) is 30.3 Å². The van der Waals surface area contributed by atoms with Gasteiger partial charge in [0.15, 0.2) is 5.11 Å². The predicted octanol–water partition coefficient (Wildman–Crippen LogP) is 3.76. The maximum atomic E-state index is 11.9. The predicted molar refractivity (Wildman–Crippen MR) is 105 cm³/mol. The average Bonchev–Trinajstić information content (AvgIpc) is 2.61. The lowest BCUT2D eigenvalue weighted by molar-refractivity contribution is -0.115. The van der Waals surface area contributed by atoms with Gasteiger partial charge in [-0.1, -0.05) is 28.1 Å². The van der Waals surface area contributed by atoms with Gasteiger partial charge in [-0.15, -0.1) is 0 Å². The molecule has 2 aromatic rings. The molecule has 0 aliphatic heterocycles. The minimum atomic E-state index is -0.416. The van der Waals surface area contributed by atoms with Gasteiger partial charge in [0, 0.05) is 16.2 Å². The van der Waals surface area contributed by atoms with E-state index in [0.717, 1.165) is 10.0 Å². The molecule has 0 saturated heterocycles. The summed E-state index contributed by atoms with van der Waals surface area (Å²) in [7, 11) is 1.32. The molecule has 5 nitrogen and oxygen atoms in total.